The Labute approximate surface area is 117 Å². The Kier molecular flexibility index (Phi) is 3.20. The van der Waals surface area contributed by atoms with Crippen LogP contribution in [-0.4, -0.2) is 25.6 Å². The van der Waals surface area contributed by atoms with Gasteiger partial charge in [0.05, 0.1) is 6.42 Å². The SMILES string of the molecule is Cn1c(CC2(CC(=O)O)CCCC2)nc2cccnc21. The second-order valence-electron chi connectivity index (χ2n) is 5.89. The molecule has 2 heterocycles. The predicted molar refractivity (Wildman–Crippen MR) is 75.4 cm³/mol. The fourth-order valence-electron chi connectivity index (χ4n) is 3.43. The molecule has 3 rings (SSSR count). The second kappa shape index (κ2) is 4.89. The highest BCUT2D eigenvalue weighted by atomic mass is 16.4. The van der Waals surface area contributed by atoms with Gasteiger partial charge < -0.3 is 9.67 Å². The minimum absolute atomic E-state index is 0.124. The zero-order valence-corrected chi connectivity index (χ0v) is 11.7. The number of aliphatic carboxylic acids is 1. The van der Waals surface area contributed by atoms with E-state index in [4.69, 9.17) is 0 Å². The molecule has 2 aromatic heterocycles. The number of hydrogen-bond donors (Lipinski definition) is 1. The molecule has 0 spiro atoms. The number of hydrogen-bond acceptors (Lipinski definition) is 3. The molecule has 5 nitrogen and oxygen atoms in total. The summed E-state index contributed by atoms with van der Waals surface area (Å²) in [6.45, 7) is 0. The molecule has 0 radical (unpaired) electrons. The molecule has 0 bridgehead atoms. The number of aromatic nitrogens is 3. The minimum Gasteiger partial charge on any atom is -0.481 e. The summed E-state index contributed by atoms with van der Waals surface area (Å²) in [4.78, 5) is 20.1. The molecule has 0 unspecified atom stereocenters. The maximum Gasteiger partial charge on any atom is 0.303 e. The van der Waals surface area contributed by atoms with Crippen molar-refractivity contribution in [3.63, 3.8) is 0 Å². The van der Waals surface area contributed by atoms with Crippen molar-refractivity contribution in [2.75, 3.05) is 0 Å². The van der Waals surface area contributed by atoms with E-state index in [1.165, 1.54) is 0 Å². The minimum atomic E-state index is -0.705. The summed E-state index contributed by atoms with van der Waals surface area (Å²) in [6.07, 6.45) is 6.93. The molecule has 1 N–H and O–H groups in total. The van der Waals surface area contributed by atoms with Gasteiger partial charge in [-0.3, -0.25) is 4.79 Å². The molecule has 1 aliphatic carbocycles. The molecule has 0 atom stereocenters. The van der Waals surface area contributed by atoms with Gasteiger partial charge >= 0.3 is 5.97 Å². The summed E-state index contributed by atoms with van der Waals surface area (Å²) in [5.74, 6) is 0.241. The van der Waals surface area contributed by atoms with Crippen LogP contribution in [0.5, 0.6) is 0 Å². The number of carbonyl (C=O) groups is 1. The van der Waals surface area contributed by atoms with Crippen LogP contribution in [0, 0.1) is 5.41 Å². The number of carboxylic acid groups (broad SMARTS) is 1. The summed E-state index contributed by atoms with van der Waals surface area (Å²) in [6, 6.07) is 3.83. The molecular weight excluding hydrogens is 254 g/mol. The zero-order chi connectivity index (χ0) is 14.2. The van der Waals surface area contributed by atoms with Gasteiger partial charge in [-0.05, 0) is 30.4 Å². The fourth-order valence-corrected chi connectivity index (χ4v) is 3.43. The van der Waals surface area contributed by atoms with Crippen LogP contribution in [0.3, 0.4) is 0 Å². The van der Waals surface area contributed by atoms with Gasteiger partial charge in [0.1, 0.15) is 11.3 Å². The lowest BCUT2D eigenvalue weighted by Gasteiger charge is -2.26. The number of aryl methyl sites for hydroxylation is 1. The largest absolute Gasteiger partial charge is 0.481 e. The van der Waals surface area contributed by atoms with Crippen molar-refractivity contribution >= 4 is 17.1 Å². The molecule has 1 saturated carbocycles. The summed E-state index contributed by atoms with van der Waals surface area (Å²) in [5.41, 5.74) is 1.63. The van der Waals surface area contributed by atoms with E-state index in [0.29, 0.717) is 0 Å². The lowest BCUT2D eigenvalue weighted by atomic mass is 9.79. The molecular formula is C15H19N3O2. The number of fused-ring (bicyclic) bond motifs is 1. The second-order valence-corrected chi connectivity index (χ2v) is 5.89. The number of nitrogens with zero attached hydrogens (tertiary/aromatic N) is 3. The molecule has 5 heteroatoms. The van der Waals surface area contributed by atoms with Crippen LogP contribution >= 0.6 is 0 Å². The number of rotatable bonds is 4. The first-order chi connectivity index (χ1) is 9.60. The van der Waals surface area contributed by atoms with Crippen LogP contribution in [0.1, 0.15) is 37.9 Å². The first-order valence-electron chi connectivity index (χ1n) is 7.08. The Morgan fingerprint density at radius 2 is 2.20 bits per heavy atom. The zero-order valence-electron chi connectivity index (χ0n) is 11.7. The van der Waals surface area contributed by atoms with Crippen molar-refractivity contribution in [3.8, 4) is 0 Å². The quantitative estimate of drug-likeness (QED) is 0.929. The van der Waals surface area contributed by atoms with Gasteiger partial charge in [0.15, 0.2) is 5.65 Å². The molecule has 0 amide bonds. The Hall–Kier alpha value is -1.91. The van der Waals surface area contributed by atoms with Crippen LogP contribution < -0.4 is 0 Å². The smallest absolute Gasteiger partial charge is 0.303 e. The molecule has 1 fully saturated rings. The van der Waals surface area contributed by atoms with Gasteiger partial charge in [0, 0.05) is 19.7 Å². The predicted octanol–water partition coefficient (Wildman–Crippen LogP) is 2.55. The van der Waals surface area contributed by atoms with Gasteiger partial charge in [0.2, 0.25) is 0 Å². The molecule has 0 aliphatic heterocycles. The van der Waals surface area contributed by atoms with Crippen molar-refractivity contribution in [2.24, 2.45) is 12.5 Å². The highest BCUT2D eigenvalue weighted by Gasteiger charge is 2.37. The average molecular weight is 273 g/mol. The van der Waals surface area contributed by atoms with E-state index in [2.05, 4.69) is 9.97 Å². The first-order valence-corrected chi connectivity index (χ1v) is 7.08. The Morgan fingerprint density at radius 3 is 2.85 bits per heavy atom. The number of carboxylic acids is 1. The highest BCUT2D eigenvalue weighted by Crippen LogP contribution is 2.43. The maximum absolute atomic E-state index is 11.2. The number of pyridine rings is 1. The van der Waals surface area contributed by atoms with E-state index in [0.717, 1.165) is 49.1 Å². The fraction of sp³-hybridized carbons (Fsp3) is 0.533. The average Bonchev–Trinajstić information content (AvgIpc) is 2.96. The Balaban J connectivity index is 1.94. The molecule has 2 aromatic rings. The first kappa shape index (κ1) is 13.1. The third kappa shape index (κ3) is 2.28. The van der Waals surface area contributed by atoms with Crippen molar-refractivity contribution in [1.82, 2.24) is 14.5 Å². The van der Waals surface area contributed by atoms with Gasteiger partial charge in [-0.15, -0.1) is 0 Å². The third-order valence-corrected chi connectivity index (χ3v) is 4.44. The normalized spacial score (nSPS) is 17.6. The van der Waals surface area contributed by atoms with Crippen molar-refractivity contribution in [3.05, 3.63) is 24.2 Å². The van der Waals surface area contributed by atoms with Crippen LogP contribution in [0.15, 0.2) is 18.3 Å². The van der Waals surface area contributed by atoms with E-state index in [-0.39, 0.29) is 11.8 Å². The van der Waals surface area contributed by atoms with Gasteiger partial charge in [-0.25, -0.2) is 9.97 Å². The van der Waals surface area contributed by atoms with Crippen molar-refractivity contribution < 1.29 is 9.90 Å². The van der Waals surface area contributed by atoms with E-state index in [1.54, 1.807) is 6.20 Å². The summed E-state index contributed by atoms with van der Waals surface area (Å²) in [5, 5.41) is 9.19. The van der Waals surface area contributed by atoms with E-state index in [9.17, 15) is 9.90 Å². The Bertz CT molecular complexity index is 642. The van der Waals surface area contributed by atoms with Gasteiger partial charge in [-0.2, -0.15) is 0 Å². The maximum atomic E-state index is 11.2. The number of imidazole rings is 1. The topological polar surface area (TPSA) is 68.0 Å². The highest BCUT2D eigenvalue weighted by molar-refractivity contribution is 5.71. The summed E-state index contributed by atoms with van der Waals surface area (Å²) >= 11 is 0. The molecule has 0 saturated heterocycles. The van der Waals surface area contributed by atoms with Crippen LogP contribution in [0.25, 0.3) is 11.2 Å². The van der Waals surface area contributed by atoms with E-state index < -0.39 is 5.97 Å². The summed E-state index contributed by atoms with van der Waals surface area (Å²) in [7, 11) is 1.96. The van der Waals surface area contributed by atoms with Crippen molar-refractivity contribution in [2.45, 2.75) is 38.5 Å². The van der Waals surface area contributed by atoms with Crippen LogP contribution in [0.4, 0.5) is 0 Å². The molecule has 106 valence electrons. The standard InChI is InChI=1S/C15H19N3O2/c1-18-12(17-11-5-4-8-16-14(11)18)9-15(10-13(19)20)6-2-3-7-15/h4-5,8H,2-3,6-7,9-10H2,1H3,(H,19,20). The van der Waals surface area contributed by atoms with E-state index >= 15 is 0 Å². The van der Waals surface area contributed by atoms with E-state index in [1.807, 2.05) is 23.7 Å². The summed E-state index contributed by atoms with van der Waals surface area (Å²) < 4.78 is 2.00. The van der Waals surface area contributed by atoms with Crippen LogP contribution in [0.2, 0.25) is 0 Å². The van der Waals surface area contributed by atoms with Crippen LogP contribution in [-0.2, 0) is 18.3 Å². The lowest BCUT2D eigenvalue weighted by molar-refractivity contribution is -0.139. The van der Waals surface area contributed by atoms with Gasteiger partial charge in [-0.1, -0.05) is 12.8 Å². The molecule has 1 aliphatic rings. The van der Waals surface area contributed by atoms with Crippen molar-refractivity contribution in [1.29, 1.82) is 0 Å². The molecule has 20 heavy (non-hydrogen) atoms. The van der Waals surface area contributed by atoms with Gasteiger partial charge in [0.25, 0.3) is 0 Å². The Morgan fingerprint density at radius 1 is 1.45 bits per heavy atom. The monoisotopic (exact) mass is 273 g/mol. The third-order valence-electron chi connectivity index (χ3n) is 4.44. The lowest BCUT2D eigenvalue weighted by Crippen LogP contribution is -2.25. The molecule has 0 aromatic carbocycles.